The van der Waals surface area contributed by atoms with Crippen LogP contribution in [0.1, 0.15) is 104 Å². The van der Waals surface area contributed by atoms with E-state index in [0.29, 0.717) is 0 Å². The number of aryl methyl sites for hydroxylation is 2. The van der Waals surface area contributed by atoms with Crippen molar-refractivity contribution in [2.24, 2.45) is 10.8 Å². The SMILES string of the molecule is CCC(C)(CC)C(=O)/C=C(\O)C(C)(CC)CC.Cc1cc2cccc(-c3sc4c(-c5[c-]c6ccccc6c(C(C)(C)C)c5)nccc4c3C)c2s1.[Ir]. The quantitative estimate of drug-likeness (QED) is 0.0893. The molecule has 0 atom stereocenters. The number of aromatic nitrogens is 1. The average Bonchev–Trinajstić information content (AvgIpc) is 3.68. The molecule has 3 heterocycles. The summed E-state index contributed by atoms with van der Waals surface area (Å²) in [5.74, 6) is 0.286. The number of pyridine rings is 1. The van der Waals surface area contributed by atoms with E-state index in [2.05, 4.69) is 101 Å². The Morgan fingerprint density at radius 3 is 2.10 bits per heavy atom. The van der Waals surface area contributed by atoms with Crippen molar-refractivity contribution in [3.8, 4) is 21.7 Å². The molecule has 1 N–H and O–H groups in total. The molecular weight excluding hydrogens is 855 g/mol. The van der Waals surface area contributed by atoms with Crippen LogP contribution >= 0.6 is 22.7 Å². The van der Waals surface area contributed by atoms with E-state index in [1.165, 1.54) is 58.1 Å². The first kappa shape index (κ1) is 41.6. The van der Waals surface area contributed by atoms with E-state index in [-0.39, 0.29) is 47.9 Å². The summed E-state index contributed by atoms with van der Waals surface area (Å²) in [5.41, 5.74) is 5.53. The van der Waals surface area contributed by atoms with E-state index in [4.69, 9.17) is 4.98 Å². The maximum Gasteiger partial charge on any atom is 0.164 e. The molecule has 3 aromatic heterocycles. The number of rotatable bonds is 9. The van der Waals surface area contributed by atoms with Gasteiger partial charge in [-0.3, -0.25) is 9.78 Å². The average molecular weight is 909 g/mol. The van der Waals surface area contributed by atoms with E-state index in [1.54, 1.807) is 0 Å². The van der Waals surface area contributed by atoms with Gasteiger partial charge in [0.05, 0.1) is 0 Å². The number of hydrogen-bond acceptors (Lipinski definition) is 5. The predicted molar refractivity (Wildman–Crippen MR) is 223 cm³/mol. The van der Waals surface area contributed by atoms with Crippen LogP contribution in [0, 0.1) is 30.7 Å². The molecule has 0 spiro atoms. The van der Waals surface area contributed by atoms with Crippen molar-refractivity contribution in [2.45, 2.75) is 107 Å². The molecule has 0 unspecified atom stereocenters. The number of ketones is 1. The van der Waals surface area contributed by atoms with Gasteiger partial charge in [-0.2, -0.15) is 0 Å². The molecule has 6 heteroatoms. The monoisotopic (exact) mass is 909 g/mol. The van der Waals surface area contributed by atoms with Crippen LogP contribution in [0.25, 0.3) is 52.6 Å². The molecule has 0 bridgehead atoms. The Bertz CT molecular complexity index is 2220. The van der Waals surface area contributed by atoms with Crippen molar-refractivity contribution < 1.29 is 30.0 Å². The van der Waals surface area contributed by atoms with Crippen LogP contribution in [0.2, 0.25) is 0 Å². The number of aliphatic hydroxyl groups is 1. The molecule has 0 aliphatic rings. The summed E-state index contributed by atoms with van der Waals surface area (Å²) in [4.78, 5) is 19.8. The normalized spacial score (nSPS) is 12.6. The summed E-state index contributed by atoms with van der Waals surface area (Å²) in [6.07, 6.45) is 6.71. The first-order valence-corrected chi connectivity index (χ1v) is 20.0. The van der Waals surface area contributed by atoms with Crippen molar-refractivity contribution in [3.05, 3.63) is 101 Å². The van der Waals surface area contributed by atoms with Crippen molar-refractivity contribution >= 4 is 59.4 Å². The Balaban J connectivity index is 0.000000289. The van der Waals surface area contributed by atoms with Crippen LogP contribution in [-0.2, 0) is 30.3 Å². The summed E-state index contributed by atoms with van der Waals surface area (Å²) < 4.78 is 2.61. The Labute approximate surface area is 333 Å². The summed E-state index contributed by atoms with van der Waals surface area (Å²) in [5, 5.41) is 15.2. The van der Waals surface area contributed by atoms with Gasteiger partial charge >= 0.3 is 0 Å². The maximum atomic E-state index is 12.2. The molecule has 0 saturated carbocycles. The number of benzene rings is 3. The molecule has 0 saturated heterocycles. The fourth-order valence-corrected chi connectivity index (χ4v) is 9.06. The van der Waals surface area contributed by atoms with Crippen molar-refractivity contribution in [3.63, 3.8) is 0 Å². The van der Waals surface area contributed by atoms with Gasteiger partial charge in [-0.05, 0) is 73.4 Å². The van der Waals surface area contributed by atoms with Crippen molar-refractivity contribution in [1.82, 2.24) is 4.98 Å². The first-order valence-electron chi connectivity index (χ1n) is 18.4. The Morgan fingerprint density at radius 1 is 0.808 bits per heavy atom. The van der Waals surface area contributed by atoms with E-state index < -0.39 is 0 Å². The van der Waals surface area contributed by atoms with E-state index in [9.17, 15) is 9.90 Å². The molecule has 277 valence electrons. The van der Waals surface area contributed by atoms with Gasteiger partial charge in [0.1, 0.15) is 5.76 Å². The van der Waals surface area contributed by atoms with Crippen LogP contribution in [0.4, 0.5) is 0 Å². The molecule has 6 aromatic rings. The number of thiophene rings is 2. The van der Waals surface area contributed by atoms with Gasteiger partial charge in [0.25, 0.3) is 0 Å². The largest absolute Gasteiger partial charge is 0.512 e. The number of fused-ring (bicyclic) bond motifs is 3. The van der Waals surface area contributed by atoms with Gasteiger partial charge in [0.15, 0.2) is 5.78 Å². The topological polar surface area (TPSA) is 50.2 Å². The molecule has 3 aromatic carbocycles. The third-order valence-corrected chi connectivity index (χ3v) is 13.7. The van der Waals surface area contributed by atoms with Gasteiger partial charge in [0, 0.05) is 73.6 Å². The number of carbonyl (C=O) groups excluding carboxylic acids is 1. The minimum absolute atomic E-state index is 0. The van der Waals surface area contributed by atoms with Crippen LogP contribution in [0.5, 0.6) is 0 Å². The number of allylic oxidation sites excluding steroid dienone is 2. The number of nitrogens with zero attached hydrogens (tertiary/aromatic N) is 1. The van der Waals surface area contributed by atoms with Gasteiger partial charge < -0.3 is 5.11 Å². The van der Waals surface area contributed by atoms with Crippen LogP contribution in [0.15, 0.2) is 78.7 Å². The zero-order valence-electron chi connectivity index (χ0n) is 32.7. The second kappa shape index (κ2) is 16.5. The number of hydrogen-bond donors (Lipinski definition) is 1. The Kier molecular flexibility index (Phi) is 13.2. The predicted octanol–water partition coefficient (Wildman–Crippen LogP) is 14.4. The molecule has 0 aliphatic carbocycles. The van der Waals surface area contributed by atoms with Crippen molar-refractivity contribution in [1.29, 1.82) is 0 Å². The fourth-order valence-electron chi connectivity index (χ4n) is 6.63. The van der Waals surface area contributed by atoms with Gasteiger partial charge in [-0.25, -0.2) is 0 Å². The van der Waals surface area contributed by atoms with E-state index >= 15 is 0 Å². The number of aliphatic hydroxyl groups excluding tert-OH is 1. The molecule has 6 rings (SSSR count). The zero-order valence-corrected chi connectivity index (χ0v) is 36.7. The molecular formula is C46H54IrNO2S2-. The van der Waals surface area contributed by atoms with Crippen LogP contribution in [-0.4, -0.2) is 15.9 Å². The molecule has 0 aliphatic heterocycles. The second-order valence-corrected chi connectivity index (χ2v) is 17.8. The second-order valence-electron chi connectivity index (χ2n) is 15.5. The third-order valence-electron chi connectivity index (χ3n) is 11.2. The fraction of sp³-hybridized carbons (Fsp3) is 0.391. The molecule has 0 fully saturated rings. The van der Waals surface area contributed by atoms with E-state index in [1.807, 2.05) is 70.4 Å². The van der Waals surface area contributed by atoms with Crippen molar-refractivity contribution in [2.75, 3.05) is 0 Å². The van der Waals surface area contributed by atoms with Crippen LogP contribution < -0.4 is 0 Å². The van der Waals surface area contributed by atoms with Crippen LogP contribution in [0.3, 0.4) is 0 Å². The molecule has 52 heavy (non-hydrogen) atoms. The Morgan fingerprint density at radius 2 is 1.46 bits per heavy atom. The zero-order chi connectivity index (χ0) is 37.3. The molecule has 3 nitrogen and oxygen atoms in total. The summed E-state index contributed by atoms with van der Waals surface area (Å²) in [6.45, 7) is 23.4. The Hall–Kier alpha value is -3.15. The van der Waals surface area contributed by atoms with E-state index in [0.717, 1.165) is 42.3 Å². The summed E-state index contributed by atoms with van der Waals surface area (Å²) in [7, 11) is 0. The van der Waals surface area contributed by atoms with Gasteiger partial charge in [-0.15, -0.1) is 51.8 Å². The smallest absolute Gasteiger partial charge is 0.164 e. The third kappa shape index (κ3) is 8.16. The van der Waals surface area contributed by atoms with Gasteiger partial charge in [-0.1, -0.05) is 110 Å². The van der Waals surface area contributed by atoms with Gasteiger partial charge in [0.2, 0.25) is 0 Å². The standard InChI is InChI=1S/C31H26NS2.C15H28O2.Ir/c1-18-15-21-10-8-12-25(29(21)33-18)28-19(2)23-13-14-32-27(30(23)34-28)22-16-20-9-6-7-11-24(20)26(17-22)31(3,4)5;1-7-14(5,8-2)12(16)11-13(17)15(6,9-3)10-4;/h6-15,17H,1-5H3;11,16H,7-10H2,1-6H3;/q-1;;/b;12-11-;. The number of carbonyl (C=O) groups is 1. The maximum absolute atomic E-state index is 12.2. The minimum Gasteiger partial charge on any atom is -0.512 e. The summed E-state index contributed by atoms with van der Waals surface area (Å²) in [6, 6.07) is 25.7. The molecule has 1 radical (unpaired) electrons. The summed E-state index contributed by atoms with van der Waals surface area (Å²) >= 11 is 3.75. The molecule has 0 amide bonds. The minimum atomic E-state index is -0.337. The first-order chi connectivity index (χ1) is 24.1.